The van der Waals surface area contributed by atoms with Gasteiger partial charge >= 0.3 is 0 Å². The minimum Gasteiger partial charge on any atom is -0.395 e. The molecule has 0 radical (unpaired) electrons. The number of amides is 2. The van der Waals surface area contributed by atoms with Gasteiger partial charge in [-0.25, -0.2) is 0 Å². The molecule has 0 spiro atoms. The number of hydrogen-bond acceptors (Lipinski definition) is 4. The highest BCUT2D eigenvalue weighted by atomic mass is 16.3. The van der Waals surface area contributed by atoms with Gasteiger partial charge in [0.2, 0.25) is 11.8 Å². The maximum atomic E-state index is 12.0. The molecule has 5 heteroatoms. The second-order valence-electron chi connectivity index (χ2n) is 4.82. The summed E-state index contributed by atoms with van der Waals surface area (Å²) in [6, 6.07) is 0.420. The molecule has 1 saturated carbocycles. The number of nitrogens with zero attached hydrogens (tertiary/aromatic N) is 2. The smallest absolute Gasteiger partial charge is 0.243 e. The van der Waals surface area contributed by atoms with Crippen LogP contribution in [0.5, 0.6) is 0 Å². The van der Waals surface area contributed by atoms with E-state index in [0.717, 1.165) is 19.3 Å². The van der Waals surface area contributed by atoms with Gasteiger partial charge in [-0.1, -0.05) is 6.42 Å². The molecule has 2 amide bonds. The first-order valence-electron chi connectivity index (χ1n) is 6.40. The molecular formula is C12H20N2O3. The Kier molecular flexibility index (Phi) is 4.12. The van der Waals surface area contributed by atoms with Crippen LogP contribution in [-0.2, 0) is 9.59 Å². The summed E-state index contributed by atoms with van der Waals surface area (Å²) in [4.78, 5) is 26.8. The van der Waals surface area contributed by atoms with E-state index in [4.69, 9.17) is 5.11 Å². The van der Waals surface area contributed by atoms with Crippen molar-refractivity contribution in [2.45, 2.75) is 38.1 Å². The Bertz CT molecular complexity index is 302. The topological polar surface area (TPSA) is 60.9 Å². The number of hydrogen-bond donors (Lipinski definition) is 1. The van der Waals surface area contributed by atoms with Crippen molar-refractivity contribution in [3.8, 4) is 0 Å². The van der Waals surface area contributed by atoms with Crippen LogP contribution in [0.15, 0.2) is 0 Å². The van der Waals surface area contributed by atoms with Crippen molar-refractivity contribution in [2.75, 3.05) is 26.2 Å². The first-order valence-corrected chi connectivity index (χ1v) is 6.40. The van der Waals surface area contributed by atoms with E-state index in [0.29, 0.717) is 25.6 Å². The Morgan fingerprint density at radius 2 is 2.18 bits per heavy atom. The molecule has 1 N–H and O–H groups in total. The minimum atomic E-state index is -0.104. The molecular weight excluding hydrogens is 220 g/mol. The Balaban J connectivity index is 1.87. The summed E-state index contributed by atoms with van der Waals surface area (Å²) in [5.74, 6) is -0.152. The molecule has 0 aromatic carbocycles. The molecule has 1 aliphatic heterocycles. The Labute approximate surface area is 101 Å². The van der Waals surface area contributed by atoms with Crippen LogP contribution < -0.4 is 0 Å². The van der Waals surface area contributed by atoms with Crippen molar-refractivity contribution in [3.63, 3.8) is 0 Å². The molecule has 0 aromatic rings. The van der Waals surface area contributed by atoms with Gasteiger partial charge in [-0.2, -0.15) is 0 Å². The van der Waals surface area contributed by atoms with E-state index in [-0.39, 0.29) is 25.0 Å². The zero-order chi connectivity index (χ0) is 12.3. The van der Waals surface area contributed by atoms with Gasteiger partial charge in [0, 0.05) is 25.6 Å². The molecule has 1 saturated heterocycles. The van der Waals surface area contributed by atoms with Crippen molar-refractivity contribution >= 4 is 11.8 Å². The fourth-order valence-corrected chi connectivity index (χ4v) is 2.44. The predicted molar refractivity (Wildman–Crippen MR) is 62.3 cm³/mol. The van der Waals surface area contributed by atoms with Crippen LogP contribution in [0.3, 0.4) is 0 Å². The zero-order valence-electron chi connectivity index (χ0n) is 10.1. The molecule has 2 fully saturated rings. The van der Waals surface area contributed by atoms with Gasteiger partial charge in [0.1, 0.15) is 0 Å². The SMILES string of the molecule is O=C1CCCN1C(=O)CN(CCO)C1CCC1. The molecule has 0 unspecified atom stereocenters. The van der Waals surface area contributed by atoms with Gasteiger partial charge in [0.25, 0.3) is 0 Å². The molecule has 0 aromatic heterocycles. The molecule has 5 nitrogen and oxygen atoms in total. The highest BCUT2D eigenvalue weighted by Crippen LogP contribution is 2.24. The van der Waals surface area contributed by atoms with Gasteiger partial charge < -0.3 is 5.11 Å². The van der Waals surface area contributed by atoms with Crippen molar-refractivity contribution in [2.24, 2.45) is 0 Å². The van der Waals surface area contributed by atoms with Crippen LogP contribution in [-0.4, -0.2) is 59.0 Å². The van der Waals surface area contributed by atoms with Crippen LogP contribution in [0.25, 0.3) is 0 Å². The molecule has 0 bridgehead atoms. The number of aliphatic hydroxyl groups is 1. The van der Waals surface area contributed by atoms with Gasteiger partial charge in [0.05, 0.1) is 13.2 Å². The molecule has 0 atom stereocenters. The van der Waals surface area contributed by atoms with Gasteiger partial charge in [-0.15, -0.1) is 0 Å². The van der Waals surface area contributed by atoms with E-state index < -0.39 is 0 Å². The van der Waals surface area contributed by atoms with E-state index >= 15 is 0 Å². The van der Waals surface area contributed by atoms with Gasteiger partial charge in [0.15, 0.2) is 0 Å². The van der Waals surface area contributed by atoms with Crippen molar-refractivity contribution < 1.29 is 14.7 Å². The van der Waals surface area contributed by atoms with Gasteiger partial charge in [-0.3, -0.25) is 19.4 Å². The van der Waals surface area contributed by atoms with Crippen LogP contribution in [0.2, 0.25) is 0 Å². The van der Waals surface area contributed by atoms with Crippen molar-refractivity contribution in [1.29, 1.82) is 0 Å². The number of aliphatic hydroxyl groups excluding tert-OH is 1. The summed E-state index contributed by atoms with van der Waals surface area (Å²) >= 11 is 0. The number of likely N-dealkylation sites (tertiary alicyclic amines) is 1. The zero-order valence-corrected chi connectivity index (χ0v) is 10.1. The normalized spacial score (nSPS) is 21.1. The summed E-state index contributed by atoms with van der Waals surface area (Å²) in [7, 11) is 0. The summed E-state index contributed by atoms with van der Waals surface area (Å²) in [6.07, 6.45) is 4.68. The summed E-state index contributed by atoms with van der Waals surface area (Å²) in [6.45, 7) is 1.43. The van der Waals surface area contributed by atoms with E-state index in [1.54, 1.807) is 0 Å². The molecule has 1 heterocycles. The lowest BCUT2D eigenvalue weighted by atomic mass is 9.91. The second kappa shape index (κ2) is 5.60. The van der Waals surface area contributed by atoms with E-state index in [1.807, 2.05) is 4.90 Å². The van der Waals surface area contributed by atoms with E-state index in [2.05, 4.69) is 0 Å². The highest BCUT2D eigenvalue weighted by molar-refractivity contribution is 5.97. The summed E-state index contributed by atoms with van der Waals surface area (Å²) in [5.41, 5.74) is 0. The van der Waals surface area contributed by atoms with Crippen LogP contribution >= 0.6 is 0 Å². The third-order valence-corrected chi connectivity index (χ3v) is 3.69. The molecule has 96 valence electrons. The average molecular weight is 240 g/mol. The van der Waals surface area contributed by atoms with Crippen molar-refractivity contribution in [3.05, 3.63) is 0 Å². The number of carbonyl (C=O) groups excluding carboxylic acids is 2. The monoisotopic (exact) mass is 240 g/mol. The highest BCUT2D eigenvalue weighted by Gasteiger charge is 2.31. The van der Waals surface area contributed by atoms with Crippen LogP contribution in [0.1, 0.15) is 32.1 Å². The standard InChI is InChI=1S/C12H20N2O3/c15-8-7-13(10-3-1-4-10)9-12(17)14-6-2-5-11(14)16/h10,15H,1-9H2. The lowest BCUT2D eigenvalue weighted by molar-refractivity contribution is -0.143. The third kappa shape index (κ3) is 2.84. The van der Waals surface area contributed by atoms with Crippen LogP contribution in [0.4, 0.5) is 0 Å². The van der Waals surface area contributed by atoms with E-state index in [9.17, 15) is 9.59 Å². The Hall–Kier alpha value is -0.940. The molecule has 17 heavy (non-hydrogen) atoms. The summed E-state index contributed by atoms with van der Waals surface area (Å²) < 4.78 is 0. The number of imide groups is 1. The lowest BCUT2D eigenvalue weighted by Crippen LogP contribution is -2.48. The maximum absolute atomic E-state index is 12.0. The minimum absolute atomic E-state index is 0.0486. The third-order valence-electron chi connectivity index (χ3n) is 3.69. The van der Waals surface area contributed by atoms with E-state index in [1.165, 1.54) is 11.3 Å². The van der Waals surface area contributed by atoms with Crippen molar-refractivity contribution in [1.82, 2.24) is 9.80 Å². The first kappa shape index (κ1) is 12.5. The average Bonchev–Trinajstić information content (AvgIpc) is 2.62. The quantitative estimate of drug-likeness (QED) is 0.734. The first-order chi connectivity index (χ1) is 8.22. The summed E-state index contributed by atoms with van der Waals surface area (Å²) in [5, 5.41) is 9.00. The molecule has 2 aliphatic rings. The van der Waals surface area contributed by atoms with Gasteiger partial charge in [-0.05, 0) is 19.3 Å². The fraction of sp³-hybridized carbons (Fsp3) is 0.833. The molecule has 1 aliphatic carbocycles. The fourth-order valence-electron chi connectivity index (χ4n) is 2.44. The Morgan fingerprint density at radius 1 is 1.41 bits per heavy atom. The Morgan fingerprint density at radius 3 is 2.65 bits per heavy atom. The number of carbonyl (C=O) groups is 2. The van der Waals surface area contributed by atoms with Crippen LogP contribution in [0, 0.1) is 0 Å². The number of rotatable bonds is 5. The predicted octanol–water partition coefficient (Wildman–Crippen LogP) is -0.0178. The lowest BCUT2D eigenvalue weighted by Gasteiger charge is -2.37. The second-order valence-corrected chi connectivity index (χ2v) is 4.82. The molecule has 2 rings (SSSR count). The largest absolute Gasteiger partial charge is 0.395 e. The maximum Gasteiger partial charge on any atom is 0.243 e.